The van der Waals surface area contributed by atoms with E-state index in [1.807, 2.05) is 0 Å². The van der Waals surface area contributed by atoms with E-state index >= 15 is 0 Å². The largest absolute Gasteiger partial charge is 0.436 e. The second kappa shape index (κ2) is 5.46. The zero-order valence-corrected chi connectivity index (χ0v) is 11.4. The number of alkyl halides is 3. The van der Waals surface area contributed by atoms with Crippen LogP contribution < -0.4 is 0 Å². The standard InChI is InChI=1S/C14H14F4N2O/c1-8-7-10(21)4-6-20(8)9(2)11-3-5-19-13(12(11)15)14(16,17)18/h3,5,8H,2,4,6-7H2,1H3. The van der Waals surface area contributed by atoms with Gasteiger partial charge in [0.15, 0.2) is 11.5 Å². The summed E-state index contributed by atoms with van der Waals surface area (Å²) in [5.41, 5.74) is -1.65. The van der Waals surface area contributed by atoms with Crippen molar-refractivity contribution in [1.29, 1.82) is 0 Å². The van der Waals surface area contributed by atoms with Crippen LogP contribution in [0.15, 0.2) is 18.8 Å². The Bertz CT molecular complexity index is 583. The van der Waals surface area contributed by atoms with Crippen LogP contribution in [0, 0.1) is 5.82 Å². The van der Waals surface area contributed by atoms with E-state index in [0.717, 1.165) is 12.3 Å². The van der Waals surface area contributed by atoms with E-state index in [-0.39, 0.29) is 35.9 Å². The number of rotatable bonds is 2. The van der Waals surface area contributed by atoms with Gasteiger partial charge in [-0.2, -0.15) is 13.2 Å². The molecule has 1 atom stereocenters. The zero-order chi connectivity index (χ0) is 15.8. The Kier molecular flexibility index (Phi) is 4.02. The molecule has 1 aliphatic rings. The van der Waals surface area contributed by atoms with Gasteiger partial charge in [-0.3, -0.25) is 4.79 Å². The lowest BCUT2D eigenvalue weighted by atomic mass is 10.00. The molecule has 2 rings (SSSR count). The van der Waals surface area contributed by atoms with E-state index < -0.39 is 17.7 Å². The van der Waals surface area contributed by atoms with Crippen molar-refractivity contribution in [2.24, 2.45) is 0 Å². The van der Waals surface area contributed by atoms with Gasteiger partial charge in [-0.05, 0) is 13.0 Å². The predicted molar refractivity (Wildman–Crippen MR) is 68.6 cm³/mol. The molecule has 0 amide bonds. The molecule has 1 aromatic rings. The van der Waals surface area contributed by atoms with Gasteiger partial charge in [0, 0.05) is 42.9 Å². The number of pyridine rings is 1. The molecule has 3 nitrogen and oxygen atoms in total. The highest BCUT2D eigenvalue weighted by Gasteiger charge is 2.38. The van der Waals surface area contributed by atoms with E-state index in [0.29, 0.717) is 6.54 Å². The Morgan fingerprint density at radius 1 is 1.48 bits per heavy atom. The average Bonchev–Trinajstić information content (AvgIpc) is 2.37. The summed E-state index contributed by atoms with van der Waals surface area (Å²) in [6.45, 7) is 5.76. The summed E-state index contributed by atoms with van der Waals surface area (Å²) in [5, 5.41) is 0. The van der Waals surface area contributed by atoms with E-state index in [1.54, 1.807) is 11.8 Å². The number of nitrogens with zero attached hydrogens (tertiary/aromatic N) is 2. The third-order valence-electron chi connectivity index (χ3n) is 3.50. The molecular formula is C14H14F4N2O. The molecule has 2 heterocycles. The Balaban J connectivity index is 2.34. The molecule has 1 aliphatic heterocycles. The van der Waals surface area contributed by atoms with E-state index in [4.69, 9.17) is 0 Å². The number of Topliss-reactive ketones (excluding diaryl/α,β-unsaturated/α-hetero) is 1. The molecule has 0 aliphatic carbocycles. The zero-order valence-electron chi connectivity index (χ0n) is 11.4. The third kappa shape index (κ3) is 3.06. The smallest absolute Gasteiger partial charge is 0.368 e. The summed E-state index contributed by atoms with van der Waals surface area (Å²) in [6, 6.07) is 0.941. The first-order valence-corrected chi connectivity index (χ1v) is 6.41. The van der Waals surface area contributed by atoms with Gasteiger partial charge in [0.25, 0.3) is 0 Å². The lowest BCUT2D eigenvalue weighted by Crippen LogP contribution is -2.39. The number of carbonyl (C=O) groups excluding carboxylic acids is 1. The Morgan fingerprint density at radius 2 is 2.14 bits per heavy atom. The first kappa shape index (κ1) is 15.5. The van der Waals surface area contributed by atoms with Gasteiger partial charge in [0.05, 0.1) is 0 Å². The lowest BCUT2D eigenvalue weighted by Gasteiger charge is -2.36. The fourth-order valence-electron chi connectivity index (χ4n) is 2.43. The molecule has 1 unspecified atom stereocenters. The van der Waals surface area contributed by atoms with Gasteiger partial charge in [-0.15, -0.1) is 0 Å². The van der Waals surface area contributed by atoms with Crippen LogP contribution in [0.25, 0.3) is 5.70 Å². The summed E-state index contributed by atoms with van der Waals surface area (Å²) in [5.74, 6) is -1.35. The van der Waals surface area contributed by atoms with Gasteiger partial charge >= 0.3 is 6.18 Å². The van der Waals surface area contributed by atoms with Crippen molar-refractivity contribution >= 4 is 11.5 Å². The van der Waals surface area contributed by atoms with Gasteiger partial charge in [-0.25, -0.2) is 9.37 Å². The Morgan fingerprint density at radius 3 is 2.71 bits per heavy atom. The molecule has 1 fully saturated rings. The topological polar surface area (TPSA) is 33.2 Å². The number of hydrogen-bond donors (Lipinski definition) is 0. The number of halogens is 4. The van der Waals surface area contributed by atoms with Gasteiger partial charge < -0.3 is 4.90 Å². The van der Waals surface area contributed by atoms with Crippen LogP contribution in [0.1, 0.15) is 31.0 Å². The summed E-state index contributed by atoms with van der Waals surface area (Å²) < 4.78 is 52.1. The number of hydrogen-bond acceptors (Lipinski definition) is 3. The molecule has 7 heteroatoms. The average molecular weight is 302 g/mol. The van der Waals surface area contributed by atoms with Crippen LogP contribution in [-0.2, 0) is 11.0 Å². The molecule has 0 radical (unpaired) electrons. The maximum absolute atomic E-state index is 14.0. The first-order chi connectivity index (χ1) is 9.71. The lowest BCUT2D eigenvalue weighted by molar-refractivity contribution is -0.143. The number of ketones is 1. The second-order valence-electron chi connectivity index (χ2n) is 5.00. The van der Waals surface area contributed by atoms with E-state index in [9.17, 15) is 22.4 Å². The molecule has 0 bridgehead atoms. The maximum Gasteiger partial charge on any atom is 0.436 e. The molecule has 0 saturated carbocycles. The molecule has 1 aromatic heterocycles. The number of piperidine rings is 1. The molecule has 0 aromatic carbocycles. The monoisotopic (exact) mass is 302 g/mol. The van der Waals surface area contributed by atoms with Crippen LogP contribution >= 0.6 is 0 Å². The van der Waals surface area contributed by atoms with Crippen LogP contribution in [0.3, 0.4) is 0 Å². The number of likely N-dealkylation sites (tertiary alicyclic amines) is 1. The molecular weight excluding hydrogens is 288 g/mol. The van der Waals surface area contributed by atoms with Crippen molar-refractivity contribution in [3.8, 4) is 0 Å². The summed E-state index contributed by atoms with van der Waals surface area (Å²) >= 11 is 0. The van der Waals surface area contributed by atoms with Crippen LogP contribution in [0.4, 0.5) is 17.6 Å². The van der Waals surface area contributed by atoms with Crippen molar-refractivity contribution in [2.45, 2.75) is 32.0 Å². The minimum atomic E-state index is -4.86. The SMILES string of the molecule is C=C(c1ccnc(C(F)(F)F)c1F)N1CCC(=O)CC1C. The number of aromatic nitrogens is 1. The molecule has 0 spiro atoms. The summed E-state index contributed by atoms with van der Waals surface area (Å²) in [7, 11) is 0. The highest BCUT2D eigenvalue weighted by atomic mass is 19.4. The fraction of sp³-hybridized carbons (Fsp3) is 0.429. The maximum atomic E-state index is 14.0. The van der Waals surface area contributed by atoms with Crippen molar-refractivity contribution in [1.82, 2.24) is 9.88 Å². The third-order valence-corrected chi connectivity index (χ3v) is 3.50. The summed E-state index contributed by atoms with van der Waals surface area (Å²) in [6.07, 6.45) is -3.39. The fourth-order valence-corrected chi connectivity index (χ4v) is 2.43. The van der Waals surface area contributed by atoms with Gasteiger partial charge in [0.2, 0.25) is 0 Å². The Hall–Kier alpha value is -1.92. The second-order valence-corrected chi connectivity index (χ2v) is 5.00. The molecule has 114 valence electrons. The van der Waals surface area contributed by atoms with Gasteiger partial charge in [-0.1, -0.05) is 6.58 Å². The van der Waals surface area contributed by atoms with Gasteiger partial charge in [0.1, 0.15) is 5.78 Å². The quantitative estimate of drug-likeness (QED) is 0.786. The van der Waals surface area contributed by atoms with Crippen molar-refractivity contribution in [3.63, 3.8) is 0 Å². The molecule has 21 heavy (non-hydrogen) atoms. The minimum Gasteiger partial charge on any atom is -0.368 e. The Labute approximate surface area is 119 Å². The first-order valence-electron chi connectivity index (χ1n) is 6.41. The summed E-state index contributed by atoms with van der Waals surface area (Å²) in [4.78, 5) is 16.0. The molecule has 0 N–H and O–H groups in total. The predicted octanol–water partition coefficient (Wildman–Crippen LogP) is 3.26. The van der Waals surface area contributed by atoms with Crippen LogP contribution in [0.5, 0.6) is 0 Å². The van der Waals surface area contributed by atoms with Crippen LogP contribution in [-0.4, -0.2) is 28.3 Å². The highest BCUT2D eigenvalue weighted by Crippen LogP contribution is 2.34. The normalized spacial score (nSPS) is 19.8. The highest BCUT2D eigenvalue weighted by molar-refractivity contribution is 5.81. The van der Waals surface area contributed by atoms with Crippen molar-refractivity contribution in [2.75, 3.05) is 6.54 Å². The minimum absolute atomic E-state index is 0.0812. The van der Waals surface area contributed by atoms with Crippen molar-refractivity contribution < 1.29 is 22.4 Å². The van der Waals surface area contributed by atoms with Crippen LogP contribution in [0.2, 0.25) is 0 Å². The number of carbonyl (C=O) groups is 1. The molecule has 1 saturated heterocycles. The van der Waals surface area contributed by atoms with Crippen molar-refractivity contribution in [3.05, 3.63) is 35.9 Å². The van der Waals surface area contributed by atoms with E-state index in [2.05, 4.69) is 11.6 Å². The van der Waals surface area contributed by atoms with E-state index in [1.165, 1.54) is 0 Å².